The first-order chi connectivity index (χ1) is 9.91. The summed E-state index contributed by atoms with van der Waals surface area (Å²) in [6.07, 6.45) is 1.06. The molecule has 0 radical (unpaired) electrons. The molecule has 1 aromatic heterocycles. The zero-order valence-electron chi connectivity index (χ0n) is 12.1. The summed E-state index contributed by atoms with van der Waals surface area (Å²) < 4.78 is 26.7. The standard InChI is InChI=1S/C16H16F2N2O/c1-9(2)11-6-4-5-10(3)14(11)20-16(21)12-7-8-19-15(18)13(12)17/h4-9H,1-3H3,(H,20,21). The minimum Gasteiger partial charge on any atom is -0.321 e. The largest absolute Gasteiger partial charge is 0.321 e. The number of benzene rings is 1. The Kier molecular flexibility index (Phi) is 4.31. The number of nitrogens with zero attached hydrogens (tertiary/aromatic N) is 1. The minimum absolute atomic E-state index is 0.194. The highest BCUT2D eigenvalue weighted by Gasteiger charge is 2.18. The Bertz CT molecular complexity index is 684. The number of carbonyl (C=O) groups is 1. The number of halogens is 2. The molecule has 0 saturated heterocycles. The molecule has 21 heavy (non-hydrogen) atoms. The number of anilines is 1. The molecule has 1 heterocycles. The van der Waals surface area contributed by atoms with Crippen LogP contribution in [0, 0.1) is 18.7 Å². The van der Waals surface area contributed by atoms with Gasteiger partial charge in [0, 0.05) is 11.9 Å². The van der Waals surface area contributed by atoms with Crippen LogP contribution in [0.3, 0.4) is 0 Å². The topological polar surface area (TPSA) is 42.0 Å². The van der Waals surface area contributed by atoms with Gasteiger partial charge in [-0.25, -0.2) is 9.37 Å². The van der Waals surface area contributed by atoms with Gasteiger partial charge in [0.1, 0.15) is 0 Å². The maximum atomic E-state index is 13.6. The van der Waals surface area contributed by atoms with Gasteiger partial charge in [-0.1, -0.05) is 32.0 Å². The van der Waals surface area contributed by atoms with Gasteiger partial charge in [0.15, 0.2) is 5.82 Å². The number of hydrogen-bond donors (Lipinski definition) is 1. The normalized spacial score (nSPS) is 10.8. The predicted octanol–water partition coefficient (Wildman–Crippen LogP) is 4.04. The molecule has 2 aromatic rings. The summed E-state index contributed by atoms with van der Waals surface area (Å²) in [7, 11) is 0. The van der Waals surface area contributed by atoms with Crippen molar-refractivity contribution in [1.29, 1.82) is 0 Å². The highest BCUT2D eigenvalue weighted by Crippen LogP contribution is 2.28. The molecule has 0 unspecified atom stereocenters. The molecule has 0 aliphatic heterocycles. The zero-order chi connectivity index (χ0) is 15.6. The Balaban J connectivity index is 2.39. The number of rotatable bonds is 3. The third-order valence-electron chi connectivity index (χ3n) is 3.26. The summed E-state index contributed by atoms with van der Waals surface area (Å²) in [5, 5.41) is 2.67. The zero-order valence-corrected chi connectivity index (χ0v) is 12.1. The van der Waals surface area contributed by atoms with E-state index in [1.807, 2.05) is 39.0 Å². The van der Waals surface area contributed by atoms with E-state index < -0.39 is 17.7 Å². The molecule has 5 heteroatoms. The Morgan fingerprint density at radius 1 is 1.24 bits per heavy atom. The maximum absolute atomic E-state index is 13.6. The van der Waals surface area contributed by atoms with Crippen molar-refractivity contribution in [3.05, 3.63) is 58.9 Å². The summed E-state index contributed by atoms with van der Waals surface area (Å²) in [5.74, 6) is -3.02. The van der Waals surface area contributed by atoms with Gasteiger partial charge in [-0.15, -0.1) is 0 Å². The van der Waals surface area contributed by atoms with Gasteiger partial charge in [0.05, 0.1) is 5.56 Å². The fourth-order valence-corrected chi connectivity index (χ4v) is 2.12. The van der Waals surface area contributed by atoms with E-state index >= 15 is 0 Å². The highest BCUT2D eigenvalue weighted by molar-refractivity contribution is 6.05. The Hall–Kier alpha value is -2.30. The van der Waals surface area contributed by atoms with Gasteiger partial charge in [-0.3, -0.25) is 4.79 Å². The van der Waals surface area contributed by atoms with E-state index in [9.17, 15) is 13.6 Å². The Labute approximate surface area is 122 Å². The van der Waals surface area contributed by atoms with E-state index in [0.717, 1.165) is 23.4 Å². The smallest absolute Gasteiger partial charge is 0.258 e. The van der Waals surface area contributed by atoms with Crippen LogP contribution in [0.1, 0.15) is 41.3 Å². The van der Waals surface area contributed by atoms with Crippen molar-refractivity contribution in [3.63, 3.8) is 0 Å². The number of carbonyl (C=O) groups excluding carboxylic acids is 1. The van der Waals surface area contributed by atoms with Crippen molar-refractivity contribution >= 4 is 11.6 Å². The molecular weight excluding hydrogens is 274 g/mol. The van der Waals surface area contributed by atoms with E-state index in [0.29, 0.717) is 5.69 Å². The first kappa shape index (κ1) is 15.1. The Morgan fingerprint density at radius 2 is 1.95 bits per heavy atom. The quantitative estimate of drug-likeness (QED) is 0.867. The molecule has 0 aliphatic carbocycles. The van der Waals surface area contributed by atoms with E-state index in [-0.39, 0.29) is 11.5 Å². The number of amides is 1. The molecule has 0 spiro atoms. The van der Waals surface area contributed by atoms with Gasteiger partial charge in [0.2, 0.25) is 5.95 Å². The number of nitrogens with one attached hydrogen (secondary N) is 1. The van der Waals surface area contributed by atoms with Crippen LogP contribution in [0.2, 0.25) is 0 Å². The van der Waals surface area contributed by atoms with E-state index in [1.54, 1.807) is 0 Å². The van der Waals surface area contributed by atoms with Crippen molar-refractivity contribution < 1.29 is 13.6 Å². The second-order valence-corrected chi connectivity index (χ2v) is 5.11. The third kappa shape index (κ3) is 3.07. The molecule has 0 atom stereocenters. The molecule has 0 saturated carbocycles. The monoisotopic (exact) mass is 290 g/mol. The van der Waals surface area contributed by atoms with Crippen LogP contribution in [0.15, 0.2) is 30.5 Å². The first-order valence-corrected chi connectivity index (χ1v) is 6.62. The van der Waals surface area contributed by atoms with E-state index in [2.05, 4.69) is 10.3 Å². The van der Waals surface area contributed by atoms with Gasteiger partial charge in [0.25, 0.3) is 5.91 Å². The second kappa shape index (κ2) is 5.99. The number of aryl methyl sites for hydroxylation is 1. The average Bonchev–Trinajstić information content (AvgIpc) is 2.43. The van der Waals surface area contributed by atoms with E-state index in [4.69, 9.17) is 0 Å². The number of pyridine rings is 1. The summed E-state index contributed by atoms with van der Waals surface area (Å²) in [6.45, 7) is 5.85. The van der Waals surface area contributed by atoms with E-state index in [1.165, 1.54) is 0 Å². The van der Waals surface area contributed by atoms with Crippen molar-refractivity contribution in [3.8, 4) is 0 Å². The van der Waals surface area contributed by atoms with Crippen LogP contribution < -0.4 is 5.32 Å². The van der Waals surface area contributed by atoms with Crippen LogP contribution in [0.5, 0.6) is 0 Å². The van der Waals surface area contributed by atoms with Crippen LogP contribution in [-0.2, 0) is 0 Å². The van der Waals surface area contributed by atoms with Gasteiger partial charge in [-0.05, 0) is 30.0 Å². The molecule has 3 nitrogen and oxygen atoms in total. The number of para-hydroxylation sites is 1. The molecule has 1 amide bonds. The molecule has 0 fully saturated rings. The van der Waals surface area contributed by atoms with Crippen molar-refractivity contribution in [2.24, 2.45) is 0 Å². The van der Waals surface area contributed by atoms with Crippen LogP contribution in [-0.4, -0.2) is 10.9 Å². The molecule has 2 rings (SSSR count). The summed E-state index contributed by atoms with van der Waals surface area (Å²) in [4.78, 5) is 15.3. The molecule has 1 aromatic carbocycles. The number of aromatic nitrogens is 1. The second-order valence-electron chi connectivity index (χ2n) is 5.11. The van der Waals surface area contributed by atoms with Crippen LogP contribution in [0.25, 0.3) is 0 Å². The van der Waals surface area contributed by atoms with Crippen LogP contribution >= 0.6 is 0 Å². The summed E-state index contributed by atoms with van der Waals surface area (Å²) in [6, 6.07) is 6.80. The lowest BCUT2D eigenvalue weighted by Crippen LogP contribution is -2.17. The Morgan fingerprint density at radius 3 is 2.62 bits per heavy atom. The average molecular weight is 290 g/mol. The molecule has 0 aliphatic rings. The molecule has 1 N–H and O–H groups in total. The van der Waals surface area contributed by atoms with Gasteiger partial charge in [-0.2, -0.15) is 4.39 Å². The fourth-order valence-electron chi connectivity index (χ4n) is 2.12. The van der Waals surface area contributed by atoms with Crippen LogP contribution in [0.4, 0.5) is 14.5 Å². The SMILES string of the molecule is Cc1cccc(C(C)C)c1NC(=O)c1ccnc(F)c1F. The summed E-state index contributed by atoms with van der Waals surface area (Å²) in [5.41, 5.74) is 2.08. The lowest BCUT2D eigenvalue weighted by atomic mass is 9.98. The molecular formula is C16H16F2N2O. The minimum atomic E-state index is -1.28. The summed E-state index contributed by atoms with van der Waals surface area (Å²) >= 11 is 0. The predicted molar refractivity (Wildman–Crippen MR) is 77.4 cm³/mol. The fraction of sp³-hybridized carbons (Fsp3) is 0.250. The number of hydrogen-bond acceptors (Lipinski definition) is 2. The van der Waals surface area contributed by atoms with Gasteiger partial charge < -0.3 is 5.32 Å². The van der Waals surface area contributed by atoms with Crippen molar-refractivity contribution in [1.82, 2.24) is 4.98 Å². The lowest BCUT2D eigenvalue weighted by molar-refractivity contribution is 0.102. The molecule has 0 bridgehead atoms. The lowest BCUT2D eigenvalue weighted by Gasteiger charge is -2.16. The first-order valence-electron chi connectivity index (χ1n) is 6.62. The van der Waals surface area contributed by atoms with Gasteiger partial charge >= 0.3 is 0 Å². The third-order valence-corrected chi connectivity index (χ3v) is 3.26. The van der Waals surface area contributed by atoms with Crippen molar-refractivity contribution in [2.45, 2.75) is 26.7 Å². The molecule has 110 valence electrons. The van der Waals surface area contributed by atoms with Crippen molar-refractivity contribution in [2.75, 3.05) is 5.32 Å². The highest BCUT2D eigenvalue weighted by atomic mass is 19.2. The maximum Gasteiger partial charge on any atom is 0.258 e.